The van der Waals surface area contributed by atoms with Crippen molar-refractivity contribution >= 4 is 65.6 Å². The summed E-state index contributed by atoms with van der Waals surface area (Å²) in [5, 5.41) is 0.302. The molecule has 0 N–H and O–H groups in total. The van der Waals surface area contributed by atoms with E-state index in [2.05, 4.69) is 0 Å². The lowest BCUT2D eigenvalue weighted by Crippen LogP contribution is -2.10. The molecule has 6 heteroatoms. The van der Waals surface area contributed by atoms with E-state index in [9.17, 15) is 9.60 Å². The van der Waals surface area contributed by atoms with E-state index in [0.717, 1.165) is 19.9 Å². The van der Waals surface area contributed by atoms with E-state index < -0.39 is 177 Å². The van der Waals surface area contributed by atoms with Gasteiger partial charge in [0.2, 0.25) is 11.9 Å². The number of benzene rings is 8. The molecule has 0 aliphatic heterocycles. The fraction of sp³-hybridized carbons (Fsp3) is 0. The number of nitrogens with zero attached hydrogens (tertiary/aromatic N) is 5. The summed E-state index contributed by atoms with van der Waals surface area (Å²) in [4.78, 5) is 14.5. The molecule has 6 nitrogen and oxygen atoms in total. The normalized spacial score (nSPS) is 16.8. The predicted octanol–water partition coefficient (Wildman–Crippen LogP) is 13.0. The molecule has 0 radical (unpaired) electrons. The van der Waals surface area contributed by atoms with Gasteiger partial charge in [-0.2, -0.15) is 15.0 Å². The highest BCUT2D eigenvalue weighted by molar-refractivity contribution is 6.11. The third kappa shape index (κ3) is 4.94. The summed E-state index contributed by atoms with van der Waals surface area (Å²) in [5.41, 5.74) is -0.264. The maximum Gasteiger partial charge on any atom is 0.240 e. The molecule has 266 valence electrons. The minimum absolute atomic E-state index is 0.227. The van der Waals surface area contributed by atoms with Crippen molar-refractivity contribution in [1.29, 1.82) is 0 Å². The first-order chi connectivity index (χ1) is 36.6. The minimum atomic E-state index is -0.826. The third-order valence-corrected chi connectivity index (χ3v) is 9.78. The van der Waals surface area contributed by atoms with Crippen LogP contribution in [0.5, 0.6) is 0 Å². The van der Waals surface area contributed by atoms with Crippen LogP contribution < -0.4 is 0 Å². The van der Waals surface area contributed by atoms with Gasteiger partial charge in [-0.3, -0.25) is 9.13 Å². The summed E-state index contributed by atoms with van der Waals surface area (Å²) >= 11 is 0. The quantitative estimate of drug-likeness (QED) is 0.176. The Morgan fingerprint density at radius 3 is 1.68 bits per heavy atom. The largest absolute Gasteiger partial charge is 0.456 e. The van der Waals surface area contributed by atoms with Gasteiger partial charge in [-0.25, -0.2) is 0 Å². The first kappa shape index (κ1) is 17.8. The standard InChI is InChI=1S/C51H31N5O/c1-2-13-32(14-3-1)34-25-27-40-39-19-6-10-23-45(39)56(46(40)30-34)51-53-49(52-50(54-51)55-43-21-8-4-17-37(43)38-18-5-9-22-44(38)55)36-16-12-15-33(29-36)35-26-28-42-41-20-7-11-24-47(41)57-48(42)31-35/h1-31H/i1D,2D,3D,4D,5D,6D,8D,9D,10D,13D,14D,17D,18D,19D,21D,22D,23D,25D,27D,30D. The van der Waals surface area contributed by atoms with Gasteiger partial charge in [0.15, 0.2) is 5.82 Å². The highest BCUT2D eigenvalue weighted by Crippen LogP contribution is 2.37. The van der Waals surface area contributed by atoms with Crippen LogP contribution in [0.4, 0.5) is 0 Å². The molecule has 12 rings (SSSR count). The zero-order valence-electron chi connectivity index (χ0n) is 49.0. The van der Waals surface area contributed by atoms with Crippen LogP contribution in [0.25, 0.3) is 111 Å². The van der Waals surface area contributed by atoms with Gasteiger partial charge in [0, 0.05) is 37.9 Å². The van der Waals surface area contributed by atoms with E-state index in [1.54, 1.807) is 24.3 Å². The van der Waals surface area contributed by atoms with Gasteiger partial charge in [-0.05, 0) is 70.7 Å². The first-order valence-corrected chi connectivity index (χ1v) is 17.5. The maximum atomic E-state index is 9.88. The average Bonchev–Trinajstić information content (AvgIpc) is 4.28. The summed E-state index contributed by atoms with van der Waals surface area (Å²) in [6.07, 6.45) is 0. The number of aromatic nitrogens is 5. The summed E-state index contributed by atoms with van der Waals surface area (Å²) in [6, 6.07) is 4.74. The third-order valence-electron chi connectivity index (χ3n) is 9.78. The second-order valence-corrected chi connectivity index (χ2v) is 13.0. The number of para-hydroxylation sites is 4. The Kier molecular flexibility index (Phi) is 3.85. The van der Waals surface area contributed by atoms with Crippen molar-refractivity contribution in [3.05, 3.63) is 188 Å². The van der Waals surface area contributed by atoms with Gasteiger partial charge >= 0.3 is 0 Å². The summed E-state index contributed by atoms with van der Waals surface area (Å²) in [7, 11) is 0. The van der Waals surface area contributed by atoms with Crippen LogP contribution in [0.1, 0.15) is 27.4 Å². The lowest BCUT2D eigenvalue weighted by molar-refractivity contribution is 0.669. The predicted molar refractivity (Wildman–Crippen MR) is 232 cm³/mol. The van der Waals surface area contributed by atoms with Gasteiger partial charge in [-0.1, -0.05) is 139 Å². The van der Waals surface area contributed by atoms with Gasteiger partial charge in [0.1, 0.15) is 11.2 Å². The molecular weight excluding hydrogens is 699 g/mol. The van der Waals surface area contributed by atoms with Gasteiger partial charge in [0.05, 0.1) is 49.5 Å². The molecule has 0 spiro atoms. The molecule has 0 aliphatic rings. The van der Waals surface area contributed by atoms with E-state index in [-0.39, 0.29) is 22.2 Å². The molecule has 57 heavy (non-hydrogen) atoms. The zero-order valence-corrected chi connectivity index (χ0v) is 29.0. The van der Waals surface area contributed by atoms with Crippen molar-refractivity contribution in [2.45, 2.75) is 0 Å². The Bertz CT molecular complexity index is 4610. The highest BCUT2D eigenvalue weighted by atomic mass is 16.3. The van der Waals surface area contributed by atoms with Crippen LogP contribution in [-0.2, 0) is 0 Å². The summed E-state index contributed by atoms with van der Waals surface area (Å²) in [6.45, 7) is 0. The molecule has 0 amide bonds. The average molecular weight is 750 g/mol. The molecule has 12 aromatic rings. The van der Waals surface area contributed by atoms with E-state index >= 15 is 0 Å². The molecule has 0 aliphatic carbocycles. The SMILES string of the molecule is [2H]c1c([2H])c([2H])c(-c2c([2H])c([2H])c3c4c([2H])c([2H])c([2H])c([2H])c4n(-c4nc(-c5cccc(-c6ccc7c(c6)oc6ccccc67)c5)nc(-n5c6c([2H])c([2H])c([2H])c([2H])c6c6c([2H])c([2H])c([2H])c([2H])c65)n4)c3c2[2H])c([2H])c1[2H]. The Hall–Kier alpha value is -7.83. The molecule has 0 fully saturated rings. The molecule has 4 heterocycles. The summed E-state index contributed by atoms with van der Waals surface area (Å²) < 4.78 is 187. The van der Waals surface area contributed by atoms with Gasteiger partial charge in [-0.15, -0.1) is 0 Å². The Labute approximate surface area is 354 Å². The topological polar surface area (TPSA) is 61.7 Å². The van der Waals surface area contributed by atoms with Gasteiger partial charge in [0.25, 0.3) is 0 Å². The van der Waals surface area contributed by atoms with E-state index in [0.29, 0.717) is 22.3 Å². The number of furan rings is 1. The second kappa shape index (κ2) is 12.3. The number of hydrogen-bond donors (Lipinski definition) is 0. The lowest BCUT2D eigenvalue weighted by atomic mass is 10.0. The zero-order chi connectivity index (χ0) is 54.9. The monoisotopic (exact) mass is 749 g/mol. The highest BCUT2D eigenvalue weighted by Gasteiger charge is 2.21. The van der Waals surface area contributed by atoms with Crippen LogP contribution in [-0.4, -0.2) is 24.1 Å². The van der Waals surface area contributed by atoms with E-state index in [4.69, 9.17) is 37.2 Å². The lowest BCUT2D eigenvalue weighted by Gasteiger charge is -2.13. The fourth-order valence-electron chi connectivity index (χ4n) is 7.26. The number of fused-ring (bicyclic) bond motifs is 9. The van der Waals surface area contributed by atoms with Crippen molar-refractivity contribution in [2.24, 2.45) is 0 Å². The smallest absolute Gasteiger partial charge is 0.240 e. The van der Waals surface area contributed by atoms with Crippen molar-refractivity contribution in [1.82, 2.24) is 24.1 Å². The summed E-state index contributed by atoms with van der Waals surface area (Å²) in [5.74, 6) is -1.41. The maximum absolute atomic E-state index is 9.88. The number of rotatable bonds is 5. The molecule has 0 saturated carbocycles. The second-order valence-electron chi connectivity index (χ2n) is 13.0. The van der Waals surface area contributed by atoms with E-state index in [1.807, 2.05) is 42.5 Å². The van der Waals surface area contributed by atoms with Gasteiger partial charge < -0.3 is 4.42 Å². The van der Waals surface area contributed by atoms with Crippen molar-refractivity contribution in [2.75, 3.05) is 0 Å². The molecule has 0 unspecified atom stereocenters. The number of hydrogen-bond acceptors (Lipinski definition) is 4. The molecule has 0 atom stereocenters. The van der Waals surface area contributed by atoms with Crippen molar-refractivity contribution in [3.63, 3.8) is 0 Å². The Morgan fingerprint density at radius 2 is 0.965 bits per heavy atom. The van der Waals surface area contributed by atoms with Crippen molar-refractivity contribution < 1.29 is 31.8 Å². The first-order valence-electron chi connectivity index (χ1n) is 27.5. The molecule has 0 saturated heterocycles. The van der Waals surface area contributed by atoms with Crippen LogP contribution in [0.15, 0.2) is 192 Å². The molecule has 0 bridgehead atoms. The molecular formula is C51H31N5O. The van der Waals surface area contributed by atoms with E-state index in [1.165, 1.54) is 0 Å². The van der Waals surface area contributed by atoms with Crippen LogP contribution in [0, 0.1) is 0 Å². The fourth-order valence-corrected chi connectivity index (χ4v) is 7.26. The minimum Gasteiger partial charge on any atom is -0.456 e. The van der Waals surface area contributed by atoms with Crippen molar-refractivity contribution in [3.8, 4) is 45.5 Å². The Balaban J connectivity index is 1.26. The molecule has 4 aromatic heterocycles. The Morgan fingerprint density at radius 1 is 0.386 bits per heavy atom. The van der Waals surface area contributed by atoms with Crippen LogP contribution >= 0.6 is 0 Å². The molecule has 8 aromatic carbocycles. The van der Waals surface area contributed by atoms with Crippen LogP contribution in [0.2, 0.25) is 0 Å². The van der Waals surface area contributed by atoms with Crippen LogP contribution in [0.3, 0.4) is 0 Å².